The first-order valence-corrected chi connectivity index (χ1v) is 7.50. The fourth-order valence-corrected chi connectivity index (χ4v) is 2.86. The van der Waals surface area contributed by atoms with Crippen LogP contribution >= 0.6 is 0 Å². The van der Waals surface area contributed by atoms with Gasteiger partial charge in [-0.3, -0.25) is 4.98 Å². The third-order valence-corrected chi connectivity index (χ3v) is 4.28. The molecule has 0 saturated carbocycles. The zero-order valence-electron chi connectivity index (χ0n) is 9.96. The number of fused-ring (bicyclic) bond motifs is 1. The van der Waals surface area contributed by atoms with Gasteiger partial charge in [0.05, 0.1) is 17.7 Å². The van der Waals surface area contributed by atoms with Crippen LogP contribution in [0, 0.1) is 6.20 Å². The number of benzene rings is 1. The molecular formula is C14H14NO2S. The highest BCUT2D eigenvalue weighted by Crippen LogP contribution is 2.16. The molecule has 0 spiro atoms. The number of rotatable bonds is 5. The summed E-state index contributed by atoms with van der Waals surface area (Å²) in [5.74, 6) is 0.106. The molecule has 2 aromatic rings. The van der Waals surface area contributed by atoms with Gasteiger partial charge in [0.1, 0.15) is 0 Å². The van der Waals surface area contributed by atoms with Gasteiger partial charge in [-0.2, -0.15) is 0 Å². The monoisotopic (exact) mass is 260 g/mol. The predicted octanol–water partition coefficient (Wildman–Crippen LogP) is 2.18. The Morgan fingerprint density at radius 1 is 1.33 bits per heavy atom. The smallest absolute Gasteiger partial charge is 0.154 e. The van der Waals surface area contributed by atoms with E-state index in [-0.39, 0.29) is 11.5 Å². The number of hydrogen-bond donors (Lipinski definition) is 0. The van der Waals surface area contributed by atoms with E-state index < -0.39 is 9.84 Å². The first kappa shape index (κ1) is 12.8. The van der Waals surface area contributed by atoms with Crippen molar-refractivity contribution in [2.75, 3.05) is 11.5 Å². The van der Waals surface area contributed by atoms with Crippen LogP contribution in [0.1, 0.15) is 5.69 Å². The Morgan fingerprint density at radius 2 is 2.11 bits per heavy atom. The maximum Gasteiger partial charge on any atom is 0.154 e. The van der Waals surface area contributed by atoms with Crippen LogP contribution in [0.2, 0.25) is 0 Å². The maximum absolute atomic E-state index is 11.6. The molecule has 0 amide bonds. The van der Waals surface area contributed by atoms with Crippen molar-refractivity contribution in [3.8, 4) is 0 Å². The Hall–Kier alpha value is -1.68. The van der Waals surface area contributed by atoms with Crippen LogP contribution in [0.25, 0.3) is 10.8 Å². The van der Waals surface area contributed by atoms with E-state index in [2.05, 4.69) is 17.8 Å². The van der Waals surface area contributed by atoms with Crippen LogP contribution in [0.15, 0.2) is 43.0 Å². The van der Waals surface area contributed by atoms with Gasteiger partial charge >= 0.3 is 0 Å². The molecule has 1 heterocycles. The second kappa shape index (κ2) is 5.31. The Morgan fingerprint density at radius 3 is 2.89 bits per heavy atom. The lowest BCUT2D eigenvalue weighted by Gasteiger charge is -2.05. The Kier molecular flexibility index (Phi) is 3.77. The van der Waals surface area contributed by atoms with Crippen molar-refractivity contribution >= 4 is 20.6 Å². The molecule has 93 valence electrons. The molecule has 0 bridgehead atoms. The van der Waals surface area contributed by atoms with Gasteiger partial charge in [-0.05, 0) is 11.5 Å². The van der Waals surface area contributed by atoms with Crippen molar-refractivity contribution in [3.63, 3.8) is 0 Å². The van der Waals surface area contributed by atoms with E-state index in [9.17, 15) is 8.42 Å². The quantitative estimate of drug-likeness (QED) is 0.774. The molecular weight excluding hydrogens is 246 g/mol. The number of hydrogen-bond acceptors (Lipinski definition) is 3. The fourth-order valence-electron chi connectivity index (χ4n) is 1.83. The van der Waals surface area contributed by atoms with E-state index in [1.807, 2.05) is 24.3 Å². The summed E-state index contributed by atoms with van der Waals surface area (Å²) in [6.45, 7) is 3.45. The van der Waals surface area contributed by atoms with Crippen LogP contribution in [0.5, 0.6) is 0 Å². The Balaban J connectivity index is 2.25. The highest BCUT2D eigenvalue weighted by atomic mass is 32.2. The Labute approximate surface area is 107 Å². The number of sulfone groups is 1. The summed E-state index contributed by atoms with van der Waals surface area (Å²) in [5, 5.41) is 2.02. The number of nitrogens with zero attached hydrogens (tertiary/aromatic N) is 1. The molecule has 1 aromatic carbocycles. The first-order valence-electron chi connectivity index (χ1n) is 5.68. The van der Waals surface area contributed by atoms with E-state index >= 15 is 0 Å². The summed E-state index contributed by atoms with van der Waals surface area (Å²) in [6, 6.07) is 9.58. The first-order chi connectivity index (χ1) is 8.62. The minimum absolute atomic E-state index is 0.0154. The molecule has 0 unspecified atom stereocenters. The summed E-state index contributed by atoms with van der Waals surface area (Å²) in [5.41, 5.74) is 0.778. The molecule has 1 radical (unpaired) electrons. The van der Waals surface area contributed by atoms with Gasteiger partial charge in [-0.1, -0.05) is 30.3 Å². The average molecular weight is 260 g/mol. The number of aromatic nitrogens is 1. The molecule has 0 fully saturated rings. The summed E-state index contributed by atoms with van der Waals surface area (Å²) >= 11 is 0. The van der Waals surface area contributed by atoms with Crippen molar-refractivity contribution in [2.45, 2.75) is 6.42 Å². The largest absolute Gasteiger partial charge is 0.250 e. The normalized spacial score (nSPS) is 11.6. The van der Waals surface area contributed by atoms with Gasteiger partial charge in [0, 0.05) is 17.5 Å². The van der Waals surface area contributed by atoms with Crippen molar-refractivity contribution in [1.29, 1.82) is 0 Å². The molecule has 0 aliphatic heterocycles. The third-order valence-electron chi connectivity index (χ3n) is 2.71. The number of pyridine rings is 1. The molecule has 1 aromatic heterocycles. The molecule has 2 rings (SSSR count). The Bertz CT molecular complexity index is 657. The zero-order chi connectivity index (χ0) is 13.0. The lowest BCUT2D eigenvalue weighted by molar-refractivity contribution is 0.598. The van der Waals surface area contributed by atoms with E-state index in [1.165, 1.54) is 6.08 Å². The molecule has 0 aliphatic carbocycles. The molecule has 3 nitrogen and oxygen atoms in total. The maximum atomic E-state index is 11.6. The summed E-state index contributed by atoms with van der Waals surface area (Å²) in [4.78, 5) is 4.15. The van der Waals surface area contributed by atoms with Gasteiger partial charge < -0.3 is 0 Å². The minimum Gasteiger partial charge on any atom is -0.250 e. The highest BCUT2D eigenvalue weighted by Gasteiger charge is 2.10. The average Bonchev–Trinajstić information content (AvgIpc) is 2.36. The van der Waals surface area contributed by atoms with Crippen LogP contribution < -0.4 is 0 Å². The van der Waals surface area contributed by atoms with Gasteiger partial charge in [0.25, 0.3) is 0 Å². The second-order valence-corrected chi connectivity index (χ2v) is 6.30. The van der Waals surface area contributed by atoms with Crippen molar-refractivity contribution in [1.82, 2.24) is 4.98 Å². The predicted molar refractivity (Wildman–Crippen MR) is 73.1 cm³/mol. The zero-order valence-corrected chi connectivity index (χ0v) is 10.8. The standard InChI is InChI=1S/C14H14NO2S/c1-2-10-18(16,17)11-8-14-13-6-4-3-5-12(13)7-9-15-14/h2-7H,1,8,10-11H2. The number of aryl methyl sites for hydroxylation is 1. The molecule has 18 heavy (non-hydrogen) atoms. The van der Waals surface area contributed by atoms with Crippen molar-refractivity contribution in [2.24, 2.45) is 0 Å². The molecule has 0 aliphatic rings. The lowest BCUT2D eigenvalue weighted by Crippen LogP contribution is -2.12. The van der Waals surface area contributed by atoms with Crippen molar-refractivity contribution in [3.05, 3.63) is 54.9 Å². The van der Waals surface area contributed by atoms with Crippen molar-refractivity contribution < 1.29 is 8.42 Å². The summed E-state index contributed by atoms with van der Waals surface area (Å²) in [7, 11) is -3.07. The van der Waals surface area contributed by atoms with Crippen LogP contribution in [0.3, 0.4) is 0 Å². The van der Waals surface area contributed by atoms with E-state index in [0.717, 1.165) is 16.5 Å². The van der Waals surface area contributed by atoms with E-state index in [1.54, 1.807) is 6.07 Å². The van der Waals surface area contributed by atoms with E-state index in [4.69, 9.17) is 0 Å². The van der Waals surface area contributed by atoms with Crippen LogP contribution in [-0.2, 0) is 16.3 Å². The fraction of sp³-hybridized carbons (Fsp3) is 0.214. The third kappa shape index (κ3) is 2.96. The highest BCUT2D eigenvalue weighted by molar-refractivity contribution is 7.91. The summed E-state index contributed by atoms with van der Waals surface area (Å²) in [6.07, 6.45) is 4.63. The minimum atomic E-state index is -3.07. The molecule has 0 N–H and O–H groups in total. The van der Waals surface area contributed by atoms with Crippen LogP contribution in [-0.4, -0.2) is 24.9 Å². The van der Waals surface area contributed by atoms with Gasteiger partial charge in [-0.25, -0.2) is 8.42 Å². The van der Waals surface area contributed by atoms with Gasteiger partial charge in [0.2, 0.25) is 0 Å². The second-order valence-electron chi connectivity index (χ2n) is 4.07. The lowest BCUT2D eigenvalue weighted by atomic mass is 10.1. The molecule has 0 atom stereocenters. The van der Waals surface area contributed by atoms with Gasteiger partial charge in [-0.15, -0.1) is 6.58 Å². The van der Waals surface area contributed by atoms with Gasteiger partial charge in [0.15, 0.2) is 9.84 Å². The summed E-state index contributed by atoms with van der Waals surface area (Å²) < 4.78 is 23.3. The van der Waals surface area contributed by atoms with Crippen LogP contribution in [0.4, 0.5) is 0 Å². The molecule has 0 saturated heterocycles. The molecule has 4 heteroatoms. The van der Waals surface area contributed by atoms with E-state index in [0.29, 0.717) is 6.42 Å². The SMILES string of the molecule is C=CCS(=O)(=O)CCc1n[c]cc2ccccc12. The topological polar surface area (TPSA) is 47.0 Å².